The first-order chi connectivity index (χ1) is 36.1. The number of rotatable bonds is 6. The van der Waals surface area contributed by atoms with Crippen LogP contribution < -0.4 is 0 Å². The van der Waals surface area contributed by atoms with Crippen molar-refractivity contribution in [1.29, 1.82) is 0 Å². The van der Waals surface area contributed by atoms with E-state index in [9.17, 15) is 0 Å². The molecule has 0 radical (unpaired) electrons. The zero-order valence-electron chi connectivity index (χ0n) is 44.3. The van der Waals surface area contributed by atoms with E-state index in [4.69, 9.17) is 9.97 Å². The van der Waals surface area contributed by atoms with E-state index in [0.717, 1.165) is 44.8 Å². The normalized spacial score (nSPS) is 15.7. The van der Waals surface area contributed by atoms with Gasteiger partial charge in [-0.3, -0.25) is 0 Å². The first-order valence-electron chi connectivity index (χ1n) is 26.7. The van der Waals surface area contributed by atoms with Crippen LogP contribution >= 0.6 is 0 Å². The maximum absolute atomic E-state index is 5.35. The summed E-state index contributed by atoms with van der Waals surface area (Å²) in [6.45, 7) is 21.6. The highest BCUT2D eigenvalue weighted by molar-refractivity contribution is 6.14. The van der Waals surface area contributed by atoms with Gasteiger partial charge in [-0.15, -0.1) is 0 Å². The molecule has 4 heteroatoms. The Morgan fingerprint density at radius 2 is 0.800 bits per heavy atom. The van der Waals surface area contributed by atoms with Crippen LogP contribution in [0.1, 0.15) is 83.2 Å². The molecule has 14 rings (SSSR count). The van der Waals surface area contributed by atoms with E-state index in [0.29, 0.717) is 5.82 Å². The molecule has 3 aromatic heterocycles. The minimum atomic E-state index is -0.166. The molecule has 0 N–H and O–H groups in total. The summed E-state index contributed by atoms with van der Waals surface area (Å²) in [6.07, 6.45) is 0. The second-order valence-corrected chi connectivity index (χ2v) is 23.5. The lowest BCUT2D eigenvalue weighted by atomic mass is 9.59. The Balaban J connectivity index is 0.985. The maximum atomic E-state index is 5.35. The van der Waals surface area contributed by atoms with Gasteiger partial charge in [-0.1, -0.05) is 183 Å². The van der Waals surface area contributed by atoms with E-state index < -0.39 is 0 Å². The fourth-order valence-corrected chi connectivity index (χ4v) is 13.4. The predicted octanol–water partition coefficient (Wildman–Crippen LogP) is 18.5. The molecular formula is C71H60N4. The highest BCUT2D eigenvalue weighted by Gasteiger charge is 2.57. The summed E-state index contributed by atoms with van der Waals surface area (Å²) in [4.78, 5) is 10.7. The maximum Gasteiger partial charge on any atom is 0.160 e. The van der Waals surface area contributed by atoms with Gasteiger partial charge in [0.1, 0.15) is 0 Å². The van der Waals surface area contributed by atoms with Crippen LogP contribution in [-0.2, 0) is 16.2 Å². The minimum absolute atomic E-state index is 0.0107. The van der Waals surface area contributed by atoms with Gasteiger partial charge in [-0.2, -0.15) is 0 Å². The lowest BCUT2D eigenvalue weighted by Crippen LogP contribution is -2.42. The molecule has 0 saturated heterocycles. The second kappa shape index (κ2) is 15.8. The third-order valence-electron chi connectivity index (χ3n) is 18.8. The molecular weight excluding hydrogens is 909 g/mol. The largest absolute Gasteiger partial charge is 0.309 e. The van der Waals surface area contributed by atoms with E-state index in [1.807, 2.05) is 0 Å². The molecule has 0 atom stereocenters. The highest BCUT2D eigenvalue weighted by atomic mass is 15.0. The molecule has 2 aliphatic carbocycles. The van der Waals surface area contributed by atoms with Gasteiger partial charge in [0.25, 0.3) is 0 Å². The van der Waals surface area contributed by atoms with Crippen LogP contribution in [0.3, 0.4) is 0 Å². The van der Waals surface area contributed by atoms with E-state index >= 15 is 0 Å². The standard InChI is InChI=1S/C71H60N4/c1-43-65(44-22-13-10-14-23-44)72-67(73-66(43)45-24-15-11-16-25-45)48-26-21-29-50(36-48)75-62-35-33-46(37-53(62)55-39-52-51-30-19-20-31-57(51)68(2,3)58(52)41-63(55)75)47-32-34-61-54(38-47)56-40-59-60(70(6,7)71(8,9)69(59,4)5)42-64(56)74(61)49-27-17-12-18-28-49/h10-42H,1-9H3. The van der Waals surface area contributed by atoms with Crippen LogP contribution in [0.5, 0.6) is 0 Å². The molecule has 0 amide bonds. The van der Waals surface area contributed by atoms with Crippen molar-refractivity contribution >= 4 is 43.6 Å². The van der Waals surface area contributed by atoms with Gasteiger partial charge in [0.05, 0.1) is 33.5 Å². The van der Waals surface area contributed by atoms with Crippen LogP contribution in [0.2, 0.25) is 0 Å². The summed E-state index contributed by atoms with van der Waals surface area (Å²) in [5, 5.41) is 5.03. The van der Waals surface area contributed by atoms with Gasteiger partial charge in [0.15, 0.2) is 5.82 Å². The Kier molecular flexibility index (Phi) is 9.56. The predicted molar refractivity (Wildman–Crippen MR) is 315 cm³/mol. The Labute approximate surface area is 440 Å². The summed E-state index contributed by atoms with van der Waals surface area (Å²) in [6, 6.07) is 74.0. The molecule has 0 unspecified atom stereocenters. The molecule has 3 heterocycles. The van der Waals surface area contributed by atoms with Gasteiger partial charge in [-0.25, -0.2) is 9.97 Å². The molecule has 364 valence electrons. The Morgan fingerprint density at radius 3 is 1.40 bits per heavy atom. The second-order valence-electron chi connectivity index (χ2n) is 23.5. The van der Waals surface area contributed by atoms with Crippen LogP contribution in [0.15, 0.2) is 200 Å². The van der Waals surface area contributed by atoms with Crippen LogP contribution in [0.4, 0.5) is 0 Å². The first kappa shape index (κ1) is 45.3. The zero-order valence-corrected chi connectivity index (χ0v) is 44.3. The summed E-state index contributed by atoms with van der Waals surface area (Å²) in [5.74, 6) is 0.700. The summed E-state index contributed by atoms with van der Waals surface area (Å²) < 4.78 is 4.96. The summed E-state index contributed by atoms with van der Waals surface area (Å²) >= 11 is 0. The van der Waals surface area contributed by atoms with E-state index in [-0.39, 0.29) is 21.7 Å². The van der Waals surface area contributed by atoms with Crippen molar-refractivity contribution < 1.29 is 0 Å². The van der Waals surface area contributed by atoms with Crippen LogP contribution in [0.25, 0.3) is 111 Å². The summed E-state index contributed by atoms with van der Waals surface area (Å²) in [7, 11) is 0. The molecule has 4 nitrogen and oxygen atoms in total. The highest BCUT2D eigenvalue weighted by Crippen LogP contribution is 2.62. The summed E-state index contributed by atoms with van der Waals surface area (Å²) in [5.41, 5.74) is 23.6. The number of hydrogen-bond acceptors (Lipinski definition) is 2. The zero-order chi connectivity index (χ0) is 51.3. The van der Waals surface area contributed by atoms with Crippen molar-refractivity contribution in [3.05, 3.63) is 228 Å². The van der Waals surface area contributed by atoms with Crippen molar-refractivity contribution in [2.45, 2.75) is 78.6 Å². The molecule has 12 aromatic rings. The average molecular weight is 969 g/mol. The van der Waals surface area contributed by atoms with Crippen molar-refractivity contribution in [3.63, 3.8) is 0 Å². The lowest BCUT2D eigenvalue weighted by Gasteiger charge is -2.44. The molecule has 0 spiro atoms. The Hall–Kier alpha value is -8.34. The van der Waals surface area contributed by atoms with Gasteiger partial charge in [-0.05, 0) is 140 Å². The van der Waals surface area contributed by atoms with Crippen molar-refractivity contribution in [3.8, 4) is 67.5 Å². The number of para-hydroxylation sites is 1. The van der Waals surface area contributed by atoms with Crippen LogP contribution in [0, 0.1) is 12.3 Å². The number of fused-ring (bicyclic) bond motifs is 10. The number of nitrogens with zero attached hydrogens (tertiary/aromatic N) is 4. The van der Waals surface area contributed by atoms with Crippen molar-refractivity contribution in [2.24, 2.45) is 5.41 Å². The Bertz CT molecular complexity index is 4280. The average Bonchev–Trinajstić information content (AvgIpc) is 4.06. The molecule has 0 saturated carbocycles. The van der Waals surface area contributed by atoms with Gasteiger partial charge in [0, 0.05) is 60.6 Å². The molecule has 9 aromatic carbocycles. The minimum Gasteiger partial charge on any atom is -0.309 e. The molecule has 0 aliphatic heterocycles. The molecule has 0 fully saturated rings. The van der Waals surface area contributed by atoms with E-state index in [1.165, 1.54) is 88.3 Å². The monoisotopic (exact) mass is 968 g/mol. The van der Waals surface area contributed by atoms with Gasteiger partial charge < -0.3 is 9.13 Å². The smallest absolute Gasteiger partial charge is 0.160 e. The van der Waals surface area contributed by atoms with E-state index in [1.54, 1.807) is 0 Å². The molecule has 2 aliphatic rings. The lowest BCUT2D eigenvalue weighted by molar-refractivity contribution is 0.125. The fraction of sp³-hybridized carbons (Fsp3) is 0.183. The molecule has 75 heavy (non-hydrogen) atoms. The van der Waals surface area contributed by atoms with Crippen molar-refractivity contribution in [2.75, 3.05) is 0 Å². The Morgan fingerprint density at radius 1 is 0.333 bits per heavy atom. The first-order valence-corrected chi connectivity index (χ1v) is 26.7. The van der Waals surface area contributed by atoms with Crippen molar-refractivity contribution in [1.82, 2.24) is 19.1 Å². The van der Waals surface area contributed by atoms with Gasteiger partial charge >= 0.3 is 0 Å². The third kappa shape index (κ3) is 6.35. The number of benzene rings is 9. The fourth-order valence-electron chi connectivity index (χ4n) is 13.4. The number of aromatic nitrogens is 4. The van der Waals surface area contributed by atoms with E-state index in [2.05, 4.69) is 272 Å². The topological polar surface area (TPSA) is 35.6 Å². The SMILES string of the molecule is Cc1c(-c2ccccc2)nc(-c2cccc(-n3c4ccc(-c5ccc6c(c5)c5cc7c(cc5n6-c5ccccc5)C(C)(C)C(C)(C)C7(C)C)cc4c4cc5c(cc43)C(C)(C)c3ccccc3-5)c2)nc1-c1ccccc1. The van der Waals surface area contributed by atoms with Crippen LogP contribution in [-0.4, -0.2) is 19.1 Å². The third-order valence-corrected chi connectivity index (χ3v) is 18.8. The molecule has 0 bridgehead atoms. The van der Waals surface area contributed by atoms with Gasteiger partial charge in [0.2, 0.25) is 0 Å². The number of hydrogen-bond donors (Lipinski definition) is 0. The quantitative estimate of drug-likeness (QED) is 0.166.